The van der Waals surface area contributed by atoms with Crippen LogP contribution in [0.1, 0.15) is 18.2 Å². The van der Waals surface area contributed by atoms with Crippen LogP contribution in [0.2, 0.25) is 0 Å². The van der Waals surface area contributed by atoms with E-state index < -0.39 is 0 Å². The Hall–Kier alpha value is -2.34. The molecule has 0 spiro atoms. The maximum Gasteiger partial charge on any atom is 0.142 e. The average molecular weight is 237 g/mol. The van der Waals surface area contributed by atoms with E-state index in [1.165, 1.54) is 5.56 Å². The van der Waals surface area contributed by atoms with Gasteiger partial charge in [0.15, 0.2) is 0 Å². The van der Waals surface area contributed by atoms with E-state index in [9.17, 15) is 0 Å². The molecule has 0 radical (unpaired) electrons. The van der Waals surface area contributed by atoms with Crippen molar-refractivity contribution in [3.63, 3.8) is 0 Å². The van der Waals surface area contributed by atoms with Crippen molar-refractivity contribution in [3.05, 3.63) is 59.9 Å². The van der Waals surface area contributed by atoms with Gasteiger partial charge in [-0.1, -0.05) is 30.3 Å². The van der Waals surface area contributed by atoms with Gasteiger partial charge in [-0.05, 0) is 31.0 Å². The highest BCUT2D eigenvalue weighted by molar-refractivity contribution is 5.46. The molecule has 2 rings (SSSR count). The largest absolute Gasteiger partial charge is 0.382 e. The van der Waals surface area contributed by atoms with E-state index in [0.717, 1.165) is 12.1 Å². The van der Waals surface area contributed by atoms with Crippen molar-refractivity contribution < 1.29 is 0 Å². The summed E-state index contributed by atoms with van der Waals surface area (Å²) in [5, 5.41) is 12.2. The van der Waals surface area contributed by atoms with Crippen molar-refractivity contribution >= 4 is 5.69 Å². The SMILES string of the molecule is CC(Cc1ccccc1)Nc1ccnc(C#N)c1. The molecule has 1 N–H and O–H groups in total. The number of hydrogen-bond donors (Lipinski definition) is 1. The van der Waals surface area contributed by atoms with Gasteiger partial charge in [0.1, 0.15) is 11.8 Å². The second kappa shape index (κ2) is 5.83. The minimum absolute atomic E-state index is 0.307. The van der Waals surface area contributed by atoms with Crippen molar-refractivity contribution in [2.45, 2.75) is 19.4 Å². The normalized spacial score (nSPS) is 11.6. The summed E-state index contributed by atoms with van der Waals surface area (Å²) in [6.45, 7) is 2.12. The Morgan fingerprint density at radius 2 is 2.06 bits per heavy atom. The van der Waals surface area contributed by atoms with E-state index in [1.54, 1.807) is 12.3 Å². The molecule has 1 aromatic carbocycles. The van der Waals surface area contributed by atoms with Gasteiger partial charge in [-0.15, -0.1) is 0 Å². The highest BCUT2D eigenvalue weighted by atomic mass is 14.9. The van der Waals surface area contributed by atoms with E-state index in [2.05, 4.69) is 29.4 Å². The highest BCUT2D eigenvalue weighted by Gasteiger charge is 2.04. The lowest BCUT2D eigenvalue weighted by atomic mass is 10.1. The molecular formula is C15H15N3. The van der Waals surface area contributed by atoms with Crippen LogP contribution >= 0.6 is 0 Å². The summed E-state index contributed by atoms with van der Waals surface area (Å²) in [6, 6.07) is 16.3. The summed E-state index contributed by atoms with van der Waals surface area (Å²) in [6.07, 6.45) is 2.60. The van der Waals surface area contributed by atoms with E-state index in [1.807, 2.05) is 30.3 Å². The van der Waals surface area contributed by atoms with Crippen molar-refractivity contribution in [3.8, 4) is 6.07 Å². The Labute approximate surface area is 107 Å². The number of aromatic nitrogens is 1. The van der Waals surface area contributed by atoms with Gasteiger partial charge in [0.25, 0.3) is 0 Å². The molecule has 1 aromatic heterocycles. The van der Waals surface area contributed by atoms with Crippen LogP contribution in [0.4, 0.5) is 5.69 Å². The second-order valence-corrected chi connectivity index (χ2v) is 4.28. The van der Waals surface area contributed by atoms with E-state index >= 15 is 0 Å². The van der Waals surface area contributed by atoms with Crippen molar-refractivity contribution in [2.24, 2.45) is 0 Å². The quantitative estimate of drug-likeness (QED) is 0.889. The molecular weight excluding hydrogens is 222 g/mol. The van der Waals surface area contributed by atoms with Gasteiger partial charge in [0, 0.05) is 17.9 Å². The van der Waals surface area contributed by atoms with E-state index in [-0.39, 0.29) is 0 Å². The zero-order chi connectivity index (χ0) is 12.8. The Bertz CT molecular complexity index is 543. The Balaban J connectivity index is 1.99. The molecule has 0 amide bonds. The van der Waals surface area contributed by atoms with Crippen LogP contribution in [-0.4, -0.2) is 11.0 Å². The third-order valence-corrected chi connectivity index (χ3v) is 2.67. The average Bonchev–Trinajstić information content (AvgIpc) is 2.40. The zero-order valence-electron chi connectivity index (χ0n) is 10.3. The van der Waals surface area contributed by atoms with Crippen molar-refractivity contribution in [1.82, 2.24) is 4.98 Å². The summed E-state index contributed by atoms with van der Waals surface area (Å²) in [4.78, 5) is 3.95. The number of hydrogen-bond acceptors (Lipinski definition) is 3. The van der Waals surface area contributed by atoms with Gasteiger partial charge in [-0.2, -0.15) is 5.26 Å². The van der Waals surface area contributed by atoms with Gasteiger partial charge in [0.05, 0.1) is 0 Å². The number of nitriles is 1. The van der Waals surface area contributed by atoms with Crippen LogP contribution in [0.5, 0.6) is 0 Å². The van der Waals surface area contributed by atoms with Gasteiger partial charge in [-0.3, -0.25) is 0 Å². The Morgan fingerprint density at radius 1 is 1.28 bits per heavy atom. The zero-order valence-corrected chi connectivity index (χ0v) is 10.3. The molecule has 1 atom stereocenters. The molecule has 18 heavy (non-hydrogen) atoms. The molecule has 3 nitrogen and oxygen atoms in total. The summed E-state index contributed by atoms with van der Waals surface area (Å²) in [7, 11) is 0. The van der Waals surface area contributed by atoms with Crippen LogP contribution in [0.15, 0.2) is 48.7 Å². The number of nitrogens with zero attached hydrogens (tertiary/aromatic N) is 2. The summed E-state index contributed by atoms with van der Waals surface area (Å²) < 4.78 is 0. The number of rotatable bonds is 4. The minimum atomic E-state index is 0.307. The minimum Gasteiger partial charge on any atom is -0.382 e. The Morgan fingerprint density at radius 3 is 2.78 bits per heavy atom. The number of nitrogens with one attached hydrogen (secondary N) is 1. The van der Waals surface area contributed by atoms with Crippen molar-refractivity contribution in [1.29, 1.82) is 5.26 Å². The standard InChI is InChI=1S/C15H15N3/c1-12(9-13-5-3-2-4-6-13)18-14-7-8-17-15(10-14)11-16/h2-8,10,12H,9H2,1H3,(H,17,18). The van der Waals surface area contributed by atoms with Crippen LogP contribution in [0.3, 0.4) is 0 Å². The molecule has 0 aliphatic heterocycles. The molecule has 2 aromatic rings. The lowest BCUT2D eigenvalue weighted by Crippen LogP contribution is -2.18. The summed E-state index contributed by atoms with van der Waals surface area (Å²) in [5.41, 5.74) is 2.67. The number of anilines is 1. The van der Waals surface area contributed by atoms with Crippen molar-refractivity contribution in [2.75, 3.05) is 5.32 Å². The first-order valence-corrected chi connectivity index (χ1v) is 5.94. The first kappa shape index (κ1) is 12.1. The lowest BCUT2D eigenvalue weighted by Gasteiger charge is -2.15. The fourth-order valence-electron chi connectivity index (χ4n) is 1.88. The highest BCUT2D eigenvalue weighted by Crippen LogP contribution is 2.11. The Kier molecular flexibility index (Phi) is 3.93. The maximum absolute atomic E-state index is 8.79. The van der Waals surface area contributed by atoms with Gasteiger partial charge < -0.3 is 5.32 Å². The first-order chi connectivity index (χ1) is 8.78. The maximum atomic E-state index is 8.79. The fraction of sp³-hybridized carbons (Fsp3) is 0.200. The molecule has 0 saturated carbocycles. The van der Waals surface area contributed by atoms with Crippen LogP contribution in [0.25, 0.3) is 0 Å². The predicted molar refractivity (Wildman–Crippen MR) is 72.2 cm³/mol. The summed E-state index contributed by atoms with van der Waals surface area (Å²) >= 11 is 0. The molecule has 0 bridgehead atoms. The first-order valence-electron chi connectivity index (χ1n) is 5.94. The molecule has 0 aliphatic rings. The van der Waals surface area contributed by atoms with Crippen LogP contribution < -0.4 is 5.32 Å². The lowest BCUT2D eigenvalue weighted by molar-refractivity contribution is 0.790. The molecule has 3 heteroatoms. The van der Waals surface area contributed by atoms with Gasteiger partial charge in [-0.25, -0.2) is 4.98 Å². The monoisotopic (exact) mass is 237 g/mol. The van der Waals surface area contributed by atoms with Crippen LogP contribution in [0, 0.1) is 11.3 Å². The predicted octanol–water partition coefficient (Wildman–Crippen LogP) is 3.00. The molecule has 0 fully saturated rings. The molecule has 90 valence electrons. The molecule has 1 heterocycles. The topological polar surface area (TPSA) is 48.7 Å². The molecule has 0 saturated heterocycles. The van der Waals surface area contributed by atoms with E-state index in [0.29, 0.717) is 11.7 Å². The third-order valence-electron chi connectivity index (χ3n) is 2.67. The number of benzene rings is 1. The smallest absolute Gasteiger partial charge is 0.142 e. The van der Waals surface area contributed by atoms with Gasteiger partial charge >= 0.3 is 0 Å². The van der Waals surface area contributed by atoms with E-state index in [4.69, 9.17) is 5.26 Å². The third kappa shape index (κ3) is 3.33. The fourth-order valence-corrected chi connectivity index (χ4v) is 1.88. The van der Waals surface area contributed by atoms with Gasteiger partial charge in [0.2, 0.25) is 0 Å². The molecule has 0 aliphatic carbocycles. The molecule has 1 unspecified atom stereocenters. The second-order valence-electron chi connectivity index (χ2n) is 4.28. The van der Waals surface area contributed by atoms with Crippen LogP contribution in [-0.2, 0) is 6.42 Å². The summed E-state index contributed by atoms with van der Waals surface area (Å²) in [5.74, 6) is 0. The number of pyridine rings is 1.